The summed E-state index contributed by atoms with van der Waals surface area (Å²) in [6.45, 7) is 0. The van der Waals surface area contributed by atoms with Gasteiger partial charge in [0.1, 0.15) is 0 Å². The van der Waals surface area contributed by atoms with E-state index >= 15 is 0 Å². The van der Waals surface area contributed by atoms with Crippen molar-refractivity contribution in [1.29, 1.82) is 0 Å². The molecule has 0 aliphatic rings. The standard InChI is InChI=1S/C18H14N2/c1-2-5-15(6-3-1)8-9-18-17(7-4-12-20-18)16-10-13-19-14-11-16/h1-14H. The third-order valence-corrected chi connectivity index (χ3v) is 3.06. The molecule has 2 heterocycles. The zero-order chi connectivity index (χ0) is 13.6. The molecular weight excluding hydrogens is 244 g/mol. The molecule has 96 valence electrons. The summed E-state index contributed by atoms with van der Waals surface area (Å²) in [5.74, 6) is 0. The Morgan fingerprint density at radius 3 is 2.30 bits per heavy atom. The van der Waals surface area contributed by atoms with E-state index in [1.54, 1.807) is 12.4 Å². The van der Waals surface area contributed by atoms with E-state index in [-0.39, 0.29) is 0 Å². The molecular formula is C18H14N2. The lowest BCUT2D eigenvalue weighted by molar-refractivity contribution is 1.28. The summed E-state index contributed by atoms with van der Waals surface area (Å²) >= 11 is 0. The van der Waals surface area contributed by atoms with Gasteiger partial charge in [0.05, 0.1) is 5.69 Å². The molecule has 0 amide bonds. The second-order valence-electron chi connectivity index (χ2n) is 4.42. The van der Waals surface area contributed by atoms with Crippen LogP contribution in [0.3, 0.4) is 0 Å². The SMILES string of the molecule is C(=Cc1ncccc1-c1ccncc1)c1ccccc1. The molecule has 3 aromatic rings. The average Bonchev–Trinajstić information content (AvgIpc) is 2.55. The van der Waals surface area contributed by atoms with Crippen molar-refractivity contribution in [2.24, 2.45) is 0 Å². The van der Waals surface area contributed by atoms with Crippen LogP contribution in [0.4, 0.5) is 0 Å². The van der Waals surface area contributed by atoms with Crippen LogP contribution in [0.1, 0.15) is 11.3 Å². The molecule has 1 aromatic carbocycles. The van der Waals surface area contributed by atoms with Crippen molar-refractivity contribution in [2.75, 3.05) is 0 Å². The van der Waals surface area contributed by atoms with Crippen LogP contribution in [0.5, 0.6) is 0 Å². The monoisotopic (exact) mass is 258 g/mol. The number of benzene rings is 1. The molecule has 0 atom stereocenters. The maximum absolute atomic E-state index is 4.46. The molecule has 2 aromatic heterocycles. The fraction of sp³-hybridized carbons (Fsp3) is 0. The maximum Gasteiger partial charge on any atom is 0.0708 e. The minimum absolute atomic E-state index is 0.961. The minimum Gasteiger partial charge on any atom is -0.265 e. The topological polar surface area (TPSA) is 25.8 Å². The highest BCUT2D eigenvalue weighted by atomic mass is 14.7. The van der Waals surface area contributed by atoms with Crippen molar-refractivity contribution in [3.63, 3.8) is 0 Å². The largest absolute Gasteiger partial charge is 0.265 e. The molecule has 0 spiro atoms. The summed E-state index contributed by atoms with van der Waals surface area (Å²) in [5, 5.41) is 0. The summed E-state index contributed by atoms with van der Waals surface area (Å²) in [6, 6.07) is 18.2. The Bertz CT molecular complexity index is 704. The fourth-order valence-corrected chi connectivity index (χ4v) is 2.07. The van der Waals surface area contributed by atoms with Crippen LogP contribution in [0.25, 0.3) is 23.3 Å². The summed E-state index contributed by atoms with van der Waals surface area (Å²) in [6.07, 6.45) is 9.54. The van der Waals surface area contributed by atoms with Gasteiger partial charge in [0.15, 0.2) is 0 Å². The van der Waals surface area contributed by atoms with Crippen molar-refractivity contribution < 1.29 is 0 Å². The zero-order valence-corrected chi connectivity index (χ0v) is 11.0. The number of pyridine rings is 2. The predicted molar refractivity (Wildman–Crippen MR) is 82.8 cm³/mol. The van der Waals surface area contributed by atoms with Gasteiger partial charge >= 0.3 is 0 Å². The second kappa shape index (κ2) is 5.93. The van der Waals surface area contributed by atoms with Gasteiger partial charge in [-0.1, -0.05) is 42.5 Å². The van der Waals surface area contributed by atoms with Crippen molar-refractivity contribution in [3.05, 3.63) is 84.4 Å². The lowest BCUT2D eigenvalue weighted by atomic mass is 10.0. The molecule has 20 heavy (non-hydrogen) atoms. The molecule has 0 N–H and O–H groups in total. The first-order valence-corrected chi connectivity index (χ1v) is 6.52. The molecule has 0 aliphatic heterocycles. The molecule has 0 unspecified atom stereocenters. The molecule has 2 nitrogen and oxygen atoms in total. The average molecular weight is 258 g/mol. The molecule has 0 radical (unpaired) electrons. The van der Waals surface area contributed by atoms with Gasteiger partial charge < -0.3 is 0 Å². The molecule has 3 rings (SSSR count). The van der Waals surface area contributed by atoms with Crippen molar-refractivity contribution in [3.8, 4) is 11.1 Å². The van der Waals surface area contributed by atoms with E-state index in [2.05, 4.69) is 34.2 Å². The molecule has 0 saturated heterocycles. The highest BCUT2D eigenvalue weighted by Gasteiger charge is 2.02. The van der Waals surface area contributed by atoms with E-state index in [4.69, 9.17) is 0 Å². The number of hydrogen-bond acceptors (Lipinski definition) is 2. The van der Waals surface area contributed by atoms with Gasteiger partial charge in [-0.15, -0.1) is 0 Å². The molecule has 0 aliphatic carbocycles. The van der Waals surface area contributed by atoms with Crippen LogP contribution in [-0.4, -0.2) is 9.97 Å². The minimum atomic E-state index is 0.961. The second-order valence-corrected chi connectivity index (χ2v) is 4.42. The van der Waals surface area contributed by atoms with E-state index in [9.17, 15) is 0 Å². The van der Waals surface area contributed by atoms with Crippen LogP contribution in [0.15, 0.2) is 73.2 Å². The number of hydrogen-bond donors (Lipinski definition) is 0. The number of aromatic nitrogens is 2. The Balaban J connectivity index is 1.97. The maximum atomic E-state index is 4.46. The highest BCUT2D eigenvalue weighted by molar-refractivity contribution is 5.78. The van der Waals surface area contributed by atoms with Crippen LogP contribution >= 0.6 is 0 Å². The van der Waals surface area contributed by atoms with Gasteiger partial charge in [0.25, 0.3) is 0 Å². The van der Waals surface area contributed by atoms with Gasteiger partial charge in [0, 0.05) is 24.2 Å². The van der Waals surface area contributed by atoms with Crippen LogP contribution in [-0.2, 0) is 0 Å². The molecule has 2 heteroatoms. The lowest BCUT2D eigenvalue weighted by Gasteiger charge is -2.04. The van der Waals surface area contributed by atoms with Gasteiger partial charge in [-0.2, -0.15) is 0 Å². The van der Waals surface area contributed by atoms with E-state index in [0.717, 1.165) is 16.8 Å². The van der Waals surface area contributed by atoms with Gasteiger partial charge in [-0.3, -0.25) is 9.97 Å². The summed E-state index contributed by atoms with van der Waals surface area (Å²) in [4.78, 5) is 8.52. The Hall–Kier alpha value is -2.74. The molecule has 0 saturated carbocycles. The summed E-state index contributed by atoms with van der Waals surface area (Å²) in [7, 11) is 0. The highest BCUT2D eigenvalue weighted by Crippen LogP contribution is 2.22. The van der Waals surface area contributed by atoms with E-state index in [0.29, 0.717) is 0 Å². The van der Waals surface area contributed by atoms with Gasteiger partial charge in [-0.05, 0) is 35.4 Å². The van der Waals surface area contributed by atoms with E-state index in [1.165, 1.54) is 5.56 Å². The normalized spacial score (nSPS) is 10.8. The summed E-state index contributed by atoms with van der Waals surface area (Å²) in [5.41, 5.74) is 4.37. The zero-order valence-electron chi connectivity index (χ0n) is 11.0. The Kier molecular flexibility index (Phi) is 3.65. The first-order chi connectivity index (χ1) is 9.93. The predicted octanol–water partition coefficient (Wildman–Crippen LogP) is 4.31. The lowest BCUT2D eigenvalue weighted by Crippen LogP contribution is -1.87. The smallest absolute Gasteiger partial charge is 0.0708 e. The third-order valence-electron chi connectivity index (χ3n) is 3.06. The van der Waals surface area contributed by atoms with Crippen LogP contribution in [0.2, 0.25) is 0 Å². The quantitative estimate of drug-likeness (QED) is 0.699. The van der Waals surface area contributed by atoms with Crippen LogP contribution in [0, 0.1) is 0 Å². The third kappa shape index (κ3) is 2.81. The van der Waals surface area contributed by atoms with Crippen molar-refractivity contribution in [1.82, 2.24) is 9.97 Å². The number of rotatable bonds is 3. The van der Waals surface area contributed by atoms with Crippen molar-refractivity contribution >= 4 is 12.2 Å². The van der Waals surface area contributed by atoms with Gasteiger partial charge in [-0.25, -0.2) is 0 Å². The van der Waals surface area contributed by atoms with Gasteiger partial charge in [0.2, 0.25) is 0 Å². The first-order valence-electron chi connectivity index (χ1n) is 6.52. The molecule has 0 fully saturated rings. The first kappa shape index (κ1) is 12.3. The van der Waals surface area contributed by atoms with E-state index in [1.807, 2.05) is 48.7 Å². The Morgan fingerprint density at radius 2 is 1.50 bits per heavy atom. The fourth-order valence-electron chi connectivity index (χ4n) is 2.07. The number of nitrogens with zero attached hydrogens (tertiary/aromatic N) is 2. The van der Waals surface area contributed by atoms with E-state index < -0.39 is 0 Å². The molecule has 0 bridgehead atoms. The Morgan fingerprint density at radius 1 is 0.700 bits per heavy atom. The Labute approximate surface area is 118 Å². The summed E-state index contributed by atoms with van der Waals surface area (Å²) < 4.78 is 0. The van der Waals surface area contributed by atoms with Crippen molar-refractivity contribution in [2.45, 2.75) is 0 Å². The van der Waals surface area contributed by atoms with Crippen LogP contribution < -0.4 is 0 Å².